The maximum atomic E-state index is 12.4. The molecule has 4 heteroatoms. The van der Waals surface area contributed by atoms with E-state index in [2.05, 4.69) is 10.6 Å². The van der Waals surface area contributed by atoms with Gasteiger partial charge in [0, 0.05) is 5.54 Å². The number of aromatic hydroxyl groups is 1. The number of phenolic OH excluding ortho intramolecular Hbond substituents is 1. The molecule has 0 aromatic heterocycles. The number of aryl methyl sites for hydroxylation is 1. The molecule has 4 fully saturated rings. The summed E-state index contributed by atoms with van der Waals surface area (Å²) in [7, 11) is 0. The number of hydrogen-bond donors (Lipinski definition) is 3. The van der Waals surface area contributed by atoms with Gasteiger partial charge in [0.2, 0.25) is 0 Å². The van der Waals surface area contributed by atoms with Crippen LogP contribution in [-0.4, -0.2) is 16.7 Å². The summed E-state index contributed by atoms with van der Waals surface area (Å²) in [5.41, 5.74) is 1.50. The van der Waals surface area contributed by atoms with E-state index < -0.39 is 0 Å². The summed E-state index contributed by atoms with van der Waals surface area (Å²) in [4.78, 5) is 12.4. The fraction of sp³-hybridized carbons (Fsp3) is 0.611. The molecule has 22 heavy (non-hydrogen) atoms. The fourth-order valence-corrected chi connectivity index (χ4v) is 5.41. The van der Waals surface area contributed by atoms with Crippen LogP contribution in [0.5, 0.6) is 5.75 Å². The number of anilines is 1. The highest BCUT2D eigenvalue weighted by molar-refractivity contribution is 5.91. The first kappa shape index (κ1) is 13.9. The average molecular weight is 300 g/mol. The highest BCUT2D eigenvalue weighted by atomic mass is 16.3. The minimum atomic E-state index is -0.178. The monoisotopic (exact) mass is 300 g/mol. The van der Waals surface area contributed by atoms with E-state index in [-0.39, 0.29) is 17.3 Å². The molecule has 0 unspecified atom stereocenters. The van der Waals surface area contributed by atoms with Crippen LogP contribution in [0.4, 0.5) is 10.5 Å². The summed E-state index contributed by atoms with van der Waals surface area (Å²) in [5.74, 6) is 2.53. The quantitative estimate of drug-likeness (QED) is 0.728. The SMILES string of the molecule is Cc1ccc(O)c(NC(=O)NC23CC4CC(CC(C4)C2)C3)c1. The minimum absolute atomic E-state index is 0.00171. The number of benzene rings is 1. The van der Waals surface area contributed by atoms with Gasteiger partial charge < -0.3 is 15.7 Å². The van der Waals surface area contributed by atoms with Gasteiger partial charge in [-0.3, -0.25) is 0 Å². The summed E-state index contributed by atoms with van der Waals surface area (Å²) in [6, 6.07) is 5.07. The van der Waals surface area contributed by atoms with Crippen LogP contribution >= 0.6 is 0 Å². The van der Waals surface area contributed by atoms with Crippen molar-refractivity contribution >= 4 is 11.7 Å². The predicted molar refractivity (Wildman–Crippen MR) is 85.9 cm³/mol. The van der Waals surface area contributed by atoms with Crippen LogP contribution in [0.1, 0.15) is 44.1 Å². The highest BCUT2D eigenvalue weighted by Crippen LogP contribution is 2.55. The highest BCUT2D eigenvalue weighted by Gasteiger charge is 2.51. The lowest BCUT2D eigenvalue weighted by Crippen LogP contribution is -2.60. The average Bonchev–Trinajstić information content (AvgIpc) is 2.40. The molecule has 5 rings (SSSR count). The number of carbonyl (C=O) groups is 1. The van der Waals surface area contributed by atoms with E-state index in [1.54, 1.807) is 12.1 Å². The lowest BCUT2D eigenvalue weighted by Gasteiger charge is -2.56. The van der Waals surface area contributed by atoms with Gasteiger partial charge in [-0.15, -0.1) is 0 Å². The van der Waals surface area contributed by atoms with Crippen molar-refractivity contribution in [2.75, 3.05) is 5.32 Å². The predicted octanol–water partition coefficient (Wildman–Crippen LogP) is 3.79. The lowest BCUT2D eigenvalue weighted by molar-refractivity contribution is -0.0127. The summed E-state index contributed by atoms with van der Waals surface area (Å²) in [6.45, 7) is 1.95. The van der Waals surface area contributed by atoms with Gasteiger partial charge in [0.05, 0.1) is 5.69 Å². The van der Waals surface area contributed by atoms with E-state index in [4.69, 9.17) is 0 Å². The van der Waals surface area contributed by atoms with Crippen molar-refractivity contribution in [2.24, 2.45) is 17.8 Å². The van der Waals surface area contributed by atoms with Gasteiger partial charge >= 0.3 is 6.03 Å². The van der Waals surface area contributed by atoms with Crippen molar-refractivity contribution in [3.63, 3.8) is 0 Å². The van der Waals surface area contributed by atoms with Gasteiger partial charge in [0.1, 0.15) is 5.75 Å². The van der Waals surface area contributed by atoms with E-state index in [0.29, 0.717) is 5.69 Å². The van der Waals surface area contributed by atoms with E-state index in [1.165, 1.54) is 19.3 Å². The Morgan fingerprint density at radius 3 is 2.32 bits per heavy atom. The van der Waals surface area contributed by atoms with Gasteiger partial charge in [-0.25, -0.2) is 4.79 Å². The molecular weight excluding hydrogens is 276 g/mol. The van der Waals surface area contributed by atoms with Crippen LogP contribution in [0.25, 0.3) is 0 Å². The third-order valence-electron chi connectivity index (χ3n) is 5.82. The zero-order chi connectivity index (χ0) is 15.3. The molecular formula is C18H24N2O2. The number of urea groups is 1. The molecule has 0 saturated heterocycles. The largest absolute Gasteiger partial charge is 0.506 e. The second kappa shape index (κ2) is 4.90. The van der Waals surface area contributed by atoms with Gasteiger partial charge in [-0.2, -0.15) is 0 Å². The van der Waals surface area contributed by atoms with Gasteiger partial charge in [0.25, 0.3) is 0 Å². The number of carbonyl (C=O) groups excluding carboxylic acids is 1. The fourth-order valence-electron chi connectivity index (χ4n) is 5.41. The molecule has 1 aromatic carbocycles. The number of hydrogen-bond acceptors (Lipinski definition) is 2. The Morgan fingerprint density at radius 2 is 1.73 bits per heavy atom. The molecule has 0 radical (unpaired) electrons. The molecule has 0 heterocycles. The first-order valence-corrected chi connectivity index (χ1v) is 8.40. The normalized spacial score (nSPS) is 35.4. The van der Waals surface area contributed by atoms with Crippen LogP contribution in [-0.2, 0) is 0 Å². The molecule has 4 aliphatic rings. The molecule has 0 atom stereocenters. The van der Waals surface area contributed by atoms with Crippen LogP contribution in [0.15, 0.2) is 18.2 Å². The number of phenols is 1. The van der Waals surface area contributed by atoms with Crippen LogP contribution in [0.3, 0.4) is 0 Å². The van der Waals surface area contributed by atoms with Gasteiger partial charge in [0.15, 0.2) is 0 Å². The maximum absolute atomic E-state index is 12.4. The molecule has 4 bridgehead atoms. The molecule has 0 spiro atoms. The molecule has 0 aliphatic heterocycles. The van der Waals surface area contributed by atoms with Gasteiger partial charge in [-0.1, -0.05) is 6.07 Å². The maximum Gasteiger partial charge on any atom is 0.319 e. The zero-order valence-corrected chi connectivity index (χ0v) is 13.1. The van der Waals surface area contributed by atoms with Crippen LogP contribution in [0, 0.1) is 24.7 Å². The Balaban J connectivity index is 1.47. The van der Waals surface area contributed by atoms with Gasteiger partial charge in [-0.05, 0) is 80.9 Å². The molecule has 4 aliphatic carbocycles. The summed E-state index contributed by atoms with van der Waals surface area (Å²) in [5, 5.41) is 16.0. The van der Waals surface area contributed by atoms with Crippen molar-refractivity contribution in [3.05, 3.63) is 23.8 Å². The molecule has 118 valence electrons. The van der Waals surface area contributed by atoms with E-state index in [1.807, 2.05) is 13.0 Å². The minimum Gasteiger partial charge on any atom is -0.506 e. The Bertz CT molecular complexity index is 576. The zero-order valence-electron chi connectivity index (χ0n) is 13.1. The molecule has 1 aromatic rings. The number of amides is 2. The third-order valence-corrected chi connectivity index (χ3v) is 5.82. The lowest BCUT2D eigenvalue weighted by atomic mass is 9.53. The topological polar surface area (TPSA) is 61.4 Å². The molecule has 2 amide bonds. The summed E-state index contributed by atoms with van der Waals surface area (Å²) < 4.78 is 0. The van der Waals surface area contributed by atoms with E-state index in [0.717, 1.165) is 42.6 Å². The number of rotatable bonds is 2. The van der Waals surface area contributed by atoms with Crippen molar-refractivity contribution < 1.29 is 9.90 Å². The summed E-state index contributed by atoms with van der Waals surface area (Å²) >= 11 is 0. The molecule has 4 saturated carbocycles. The van der Waals surface area contributed by atoms with E-state index >= 15 is 0 Å². The Labute approximate surface area is 131 Å². The molecule has 4 nitrogen and oxygen atoms in total. The van der Waals surface area contributed by atoms with Crippen LogP contribution in [0.2, 0.25) is 0 Å². The van der Waals surface area contributed by atoms with Crippen molar-refractivity contribution in [3.8, 4) is 5.75 Å². The van der Waals surface area contributed by atoms with E-state index in [9.17, 15) is 9.90 Å². The van der Waals surface area contributed by atoms with Crippen LogP contribution < -0.4 is 10.6 Å². The number of nitrogens with one attached hydrogen (secondary N) is 2. The summed E-state index contributed by atoms with van der Waals surface area (Å²) in [6.07, 6.45) is 7.48. The first-order chi connectivity index (χ1) is 10.5. The second-order valence-corrected chi connectivity index (χ2v) is 7.80. The standard InChI is InChI=1S/C18H24N2O2/c1-11-2-3-16(21)15(4-11)19-17(22)20-18-8-12-5-13(9-18)7-14(6-12)10-18/h2-4,12-14,21H,5-10H2,1H3,(H2,19,20,22). The third kappa shape index (κ3) is 2.44. The Morgan fingerprint density at radius 1 is 1.14 bits per heavy atom. The van der Waals surface area contributed by atoms with Crippen molar-refractivity contribution in [1.82, 2.24) is 5.32 Å². The Kier molecular flexibility index (Phi) is 3.10. The van der Waals surface area contributed by atoms with Crippen molar-refractivity contribution in [2.45, 2.75) is 51.0 Å². The molecule has 3 N–H and O–H groups in total. The first-order valence-electron chi connectivity index (χ1n) is 8.40. The smallest absolute Gasteiger partial charge is 0.319 e. The Hall–Kier alpha value is -1.71. The second-order valence-electron chi connectivity index (χ2n) is 7.80. The van der Waals surface area contributed by atoms with Crippen molar-refractivity contribution in [1.29, 1.82) is 0 Å².